The lowest BCUT2D eigenvalue weighted by atomic mass is 10.2. The number of aliphatic imine (C=N–C) groups is 1. The van der Waals surface area contributed by atoms with Crippen molar-refractivity contribution < 1.29 is 5.11 Å². The first kappa shape index (κ1) is 19.9. The van der Waals surface area contributed by atoms with Crippen molar-refractivity contribution in [1.29, 1.82) is 0 Å². The highest BCUT2D eigenvalue weighted by Gasteiger charge is 2.20. The summed E-state index contributed by atoms with van der Waals surface area (Å²) in [6, 6.07) is 9.07. The van der Waals surface area contributed by atoms with Gasteiger partial charge in [-0.3, -0.25) is 23.8 Å². The molecule has 3 aromatic rings. The maximum atomic E-state index is 13.0. The van der Waals surface area contributed by atoms with Gasteiger partial charge >= 0.3 is 5.69 Å². The summed E-state index contributed by atoms with van der Waals surface area (Å²) < 4.78 is 4.08. The Bertz CT molecular complexity index is 1290. The lowest BCUT2D eigenvalue weighted by molar-refractivity contribution is 0.409. The molecular weight excluding hydrogens is 374 g/mol. The predicted octanol–water partition coefficient (Wildman–Crippen LogP) is 1.37. The average molecular weight is 395 g/mol. The minimum absolute atomic E-state index is 0.00685. The molecule has 0 aliphatic carbocycles. The van der Waals surface area contributed by atoms with Crippen LogP contribution in [0, 0.1) is 6.92 Å². The van der Waals surface area contributed by atoms with E-state index in [4.69, 9.17) is 0 Å². The van der Waals surface area contributed by atoms with Gasteiger partial charge in [-0.2, -0.15) is 0 Å². The van der Waals surface area contributed by atoms with Gasteiger partial charge in [0, 0.05) is 13.6 Å². The number of nitrogens with one attached hydrogen (secondary N) is 1. The van der Waals surface area contributed by atoms with Crippen LogP contribution in [0.5, 0.6) is 5.88 Å². The molecule has 0 saturated carbocycles. The van der Waals surface area contributed by atoms with E-state index in [0.29, 0.717) is 11.4 Å². The first-order valence-corrected chi connectivity index (χ1v) is 8.84. The Morgan fingerprint density at radius 3 is 2.52 bits per heavy atom. The highest BCUT2D eigenvalue weighted by Crippen LogP contribution is 2.19. The van der Waals surface area contributed by atoms with Gasteiger partial charge < -0.3 is 5.11 Å². The van der Waals surface area contributed by atoms with E-state index in [1.165, 1.54) is 17.7 Å². The van der Waals surface area contributed by atoms with Gasteiger partial charge in [0.2, 0.25) is 5.88 Å². The number of rotatable bonds is 5. The molecule has 0 aliphatic rings. The number of aromatic amines is 1. The largest absolute Gasteiger partial charge is 0.494 e. The van der Waals surface area contributed by atoms with Gasteiger partial charge in [0.1, 0.15) is 5.56 Å². The molecule has 0 atom stereocenters. The summed E-state index contributed by atoms with van der Waals surface area (Å²) in [5.74, 6) is -0.531. The molecule has 1 aromatic carbocycles. The Morgan fingerprint density at radius 2 is 1.90 bits per heavy atom. The number of para-hydroxylation sites is 1. The zero-order chi connectivity index (χ0) is 21.3. The molecule has 2 N–H and O–H groups in total. The van der Waals surface area contributed by atoms with Crippen LogP contribution in [0.1, 0.15) is 18.2 Å². The average Bonchev–Trinajstić information content (AvgIpc) is 2.89. The Balaban J connectivity index is 2.22. The van der Waals surface area contributed by atoms with Gasteiger partial charge in [0.05, 0.1) is 17.1 Å². The van der Waals surface area contributed by atoms with E-state index in [9.17, 15) is 19.5 Å². The minimum Gasteiger partial charge on any atom is -0.494 e. The van der Waals surface area contributed by atoms with E-state index in [0.717, 1.165) is 4.57 Å². The van der Waals surface area contributed by atoms with E-state index in [2.05, 4.69) is 16.6 Å². The van der Waals surface area contributed by atoms with Crippen LogP contribution in [-0.2, 0) is 13.6 Å². The zero-order valence-corrected chi connectivity index (χ0v) is 16.3. The number of benzene rings is 1. The molecule has 150 valence electrons. The highest BCUT2D eigenvalue weighted by atomic mass is 16.3. The molecule has 9 nitrogen and oxygen atoms in total. The third-order valence-corrected chi connectivity index (χ3v) is 4.65. The summed E-state index contributed by atoms with van der Waals surface area (Å²) in [5, 5.41) is 10.4. The fourth-order valence-corrected chi connectivity index (χ4v) is 3.09. The molecule has 29 heavy (non-hydrogen) atoms. The second-order valence-electron chi connectivity index (χ2n) is 6.46. The fourth-order valence-electron chi connectivity index (χ4n) is 3.09. The molecule has 0 bridgehead atoms. The lowest BCUT2D eigenvalue weighted by Crippen LogP contribution is -2.33. The third-order valence-electron chi connectivity index (χ3n) is 4.65. The van der Waals surface area contributed by atoms with Gasteiger partial charge in [0.25, 0.3) is 11.1 Å². The quantitative estimate of drug-likeness (QED) is 0.501. The topological polar surface area (TPSA) is 114 Å². The summed E-state index contributed by atoms with van der Waals surface area (Å²) in [6.45, 7) is 6.76. The standard InChI is InChI=1S/C20H21N5O4/c1-5-11-24-18(27)15(17(26)22-20(24)29)12(2)21-16-13(3)23(4)25(19(16)28)14-9-7-6-8-10-14/h5-10,27H,1,11H2,2-4H3,(H,22,26,29). The van der Waals surface area contributed by atoms with Crippen molar-refractivity contribution in [2.45, 2.75) is 20.4 Å². The van der Waals surface area contributed by atoms with Crippen LogP contribution in [-0.4, -0.2) is 29.7 Å². The second kappa shape index (κ2) is 7.63. The number of allylic oxidation sites excluding steroid dienone is 1. The summed E-state index contributed by atoms with van der Waals surface area (Å²) in [7, 11) is 1.73. The van der Waals surface area contributed by atoms with Crippen LogP contribution >= 0.6 is 0 Å². The third kappa shape index (κ3) is 3.38. The lowest BCUT2D eigenvalue weighted by Gasteiger charge is -2.09. The molecule has 0 saturated heterocycles. The summed E-state index contributed by atoms with van der Waals surface area (Å²) in [6.07, 6.45) is 1.41. The summed E-state index contributed by atoms with van der Waals surface area (Å²) in [4.78, 5) is 43.7. The number of nitrogens with zero attached hydrogens (tertiary/aromatic N) is 4. The van der Waals surface area contributed by atoms with Crippen molar-refractivity contribution in [3.05, 3.63) is 85.4 Å². The molecule has 0 amide bonds. The van der Waals surface area contributed by atoms with Crippen LogP contribution in [0.2, 0.25) is 0 Å². The molecule has 3 rings (SSSR count). The van der Waals surface area contributed by atoms with Gasteiger partial charge in [-0.25, -0.2) is 14.5 Å². The second-order valence-corrected chi connectivity index (χ2v) is 6.46. The van der Waals surface area contributed by atoms with Crippen molar-refractivity contribution in [1.82, 2.24) is 18.9 Å². The molecule has 0 unspecified atom stereocenters. The van der Waals surface area contributed by atoms with Crippen molar-refractivity contribution in [3.8, 4) is 11.6 Å². The van der Waals surface area contributed by atoms with Crippen LogP contribution < -0.4 is 16.8 Å². The number of hydrogen-bond donors (Lipinski definition) is 2. The van der Waals surface area contributed by atoms with Crippen molar-refractivity contribution >= 4 is 11.4 Å². The Labute approximate surface area is 165 Å². The number of hydrogen-bond acceptors (Lipinski definition) is 5. The first-order chi connectivity index (χ1) is 13.8. The van der Waals surface area contributed by atoms with Crippen LogP contribution in [0.4, 0.5) is 5.69 Å². The van der Waals surface area contributed by atoms with Crippen LogP contribution in [0.25, 0.3) is 5.69 Å². The maximum absolute atomic E-state index is 13.0. The van der Waals surface area contributed by atoms with Gasteiger partial charge in [0.15, 0.2) is 5.69 Å². The van der Waals surface area contributed by atoms with E-state index in [-0.39, 0.29) is 29.1 Å². The Hall–Kier alpha value is -3.88. The van der Waals surface area contributed by atoms with Gasteiger partial charge in [-0.1, -0.05) is 24.3 Å². The molecule has 2 aromatic heterocycles. The van der Waals surface area contributed by atoms with E-state index in [1.54, 1.807) is 30.8 Å². The number of aromatic nitrogens is 4. The van der Waals surface area contributed by atoms with Gasteiger partial charge in [-0.15, -0.1) is 6.58 Å². The number of H-pyrrole nitrogens is 1. The zero-order valence-electron chi connectivity index (χ0n) is 16.3. The monoisotopic (exact) mass is 395 g/mol. The van der Waals surface area contributed by atoms with Crippen molar-refractivity contribution in [3.63, 3.8) is 0 Å². The molecule has 9 heteroatoms. The molecular formula is C20H21N5O4. The van der Waals surface area contributed by atoms with Crippen LogP contribution in [0.3, 0.4) is 0 Å². The number of aromatic hydroxyl groups is 1. The summed E-state index contributed by atoms with van der Waals surface area (Å²) in [5.41, 5.74) is -0.610. The molecule has 2 heterocycles. The smallest absolute Gasteiger partial charge is 0.331 e. The maximum Gasteiger partial charge on any atom is 0.331 e. The Morgan fingerprint density at radius 1 is 1.24 bits per heavy atom. The van der Waals surface area contributed by atoms with E-state index < -0.39 is 17.1 Å². The van der Waals surface area contributed by atoms with E-state index in [1.807, 2.05) is 18.2 Å². The molecule has 0 fully saturated rings. The Kier molecular flexibility index (Phi) is 5.22. The highest BCUT2D eigenvalue weighted by molar-refractivity contribution is 6.01. The normalized spacial score (nSPS) is 11.6. The minimum atomic E-state index is -0.786. The molecule has 0 spiro atoms. The van der Waals surface area contributed by atoms with Crippen molar-refractivity contribution in [2.75, 3.05) is 0 Å². The summed E-state index contributed by atoms with van der Waals surface area (Å²) >= 11 is 0. The van der Waals surface area contributed by atoms with E-state index >= 15 is 0 Å². The fraction of sp³-hybridized carbons (Fsp3) is 0.200. The molecule has 0 aliphatic heterocycles. The first-order valence-electron chi connectivity index (χ1n) is 8.84. The van der Waals surface area contributed by atoms with Crippen LogP contribution in [0.15, 0.2) is 62.4 Å². The molecule has 0 radical (unpaired) electrons. The van der Waals surface area contributed by atoms with Crippen molar-refractivity contribution in [2.24, 2.45) is 12.0 Å². The predicted molar refractivity (Wildman–Crippen MR) is 111 cm³/mol. The van der Waals surface area contributed by atoms with Gasteiger partial charge in [-0.05, 0) is 26.0 Å². The SMILES string of the molecule is C=CCn1c(O)c(C(C)=Nc2c(C)n(C)n(-c3ccccc3)c2=O)c(=O)[nH]c1=O.